The number of carbonyl (C=O) groups excluding carboxylic acids is 2. The first-order valence-corrected chi connectivity index (χ1v) is 8.04. The van der Waals surface area contributed by atoms with E-state index in [-0.39, 0.29) is 18.4 Å². The Bertz CT molecular complexity index is 688. The van der Waals surface area contributed by atoms with Gasteiger partial charge < -0.3 is 15.0 Å². The minimum absolute atomic E-state index is 0.0776. The largest absolute Gasteiger partial charge is 0.484 e. The van der Waals surface area contributed by atoms with Crippen molar-refractivity contribution in [2.45, 2.75) is 6.54 Å². The van der Waals surface area contributed by atoms with Crippen LogP contribution >= 0.6 is 22.9 Å². The van der Waals surface area contributed by atoms with E-state index in [4.69, 9.17) is 16.3 Å². The molecule has 0 saturated heterocycles. The van der Waals surface area contributed by atoms with Gasteiger partial charge in [-0.2, -0.15) is 0 Å². The molecule has 2 rings (SSSR count). The zero-order valence-electron chi connectivity index (χ0n) is 12.7. The van der Waals surface area contributed by atoms with Gasteiger partial charge >= 0.3 is 0 Å². The number of nitrogens with one attached hydrogen (secondary N) is 1. The second-order valence-corrected chi connectivity index (χ2v) is 6.08. The number of aromatic nitrogens is 1. The van der Waals surface area contributed by atoms with Crippen LogP contribution in [-0.4, -0.2) is 42.4 Å². The van der Waals surface area contributed by atoms with Gasteiger partial charge in [-0.1, -0.05) is 11.6 Å². The van der Waals surface area contributed by atoms with E-state index in [0.29, 0.717) is 28.0 Å². The molecule has 0 bridgehead atoms. The molecule has 0 aliphatic heterocycles. The maximum atomic E-state index is 12.1. The van der Waals surface area contributed by atoms with Crippen molar-refractivity contribution in [2.75, 3.05) is 20.7 Å². The van der Waals surface area contributed by atoms with Crippen LogP contribution in [0.2, 0.25) is 5.02 Å². The van der Waals surface area contributed by atoms with E-state index in [1.165, 1.54) is 16.2 Å². The molecule has 23 heavy (non-hydrogen) atoms. The van der Waals surface area contributed by atoms with E-state index in [2.05, 4.69) is 10.3 Å². The van der Waals surface area contributed by atoms with E-state index in [0.717, 1.165) is 0 Å². The van der Waals surface area contributed by atoms with Gasteiger partial charge in [0.2, 0.25) is 0 Å². The van der Waals surface area contributed by atoms with Crippen LogP contribution in [0, 0.1) is 0 Å². The number of thiazole rings is 1. The lowest BCUT2D eigenvalue weighted by molar-refractivity contribution is -0.132. The number of nitrogens with zero attached hydrogens (tertiary/aromatic N) is 2. The molecule has 0 radical (unpaired) electrons. The van der Waals surface area contributed by atoms with Crippen molar-refractivity contribution in [3.8, 4) is 5.75 Å². The average molecular weight is 354 g/mol. The second-order valence-electron chi connectivity index (χ2n) is 4.70. The molecule has 1 aromatic carbocycles. The third kappa shape index (κ3) is 4.94. The van der Waals surface area contributed by atoms with Gasteiger partial charge in [0.25, 0.3) is 11.8 Å². The summed E-state index contributed by atoms with van der Waals surface area (Å²) in [5.74, 6) is 0.150. The summed E-state index contributed by atoms with van der Waals surface area (Å²) >= 11 is 7.12. The molecule has 0 saturated carbocycles. The van der Waals surface area contributed by atoms with Crippen LogP contribution in [0.3, 0.4) is 0 Å². The van der Waals surface area contributed by atoms with Gasteiger partial charge in [0.1, 0.15) is 16.5 Å². The molecule has 6 nitrogen and oxygen atoms in total. The number of carbonyl (C=O) groups is 2. The first-order chi connectivity index (χ1) is 11.0. The quantitative estimate of drug-likeness (QED) is 0.864. The molecule has 1 N–H and O–H groups in total. The number of amides is 2. The Kier molecular flexibility index (Phi) is 5.95. The van der Waals surface area contributed by atoms with Crippen LogP contribution < -0.4 is 10.1 Å². The molecule has 122 valence electrons. The Morgan fingerprint density at radius 3 is 2.70 bits per heavy atom. The first-order valence-electron chi connectivity index (χ1n) is 6.78. The van der Waals surface area contributed by atoms with Crippen LogP contribution in [0.25, 0.3) is 0 Å². The fourth-order valence-electron chi connectivity index (χ4n) is 1.69. The predicted octanol–water partition coefficient (Wildman–Crippen LogP) is 2.19. The summed E-state index contributed by atoms with van der Waals surface area (Å²) < 4.78 is 5.41. The number of likely N-dealkylation sites (N-methyl/N-ethyl adjacent to an activating group) is 1. The number of hydrogen-bond donors (Lipinski definition) is 1. The van der Waals surface area contributed by atoms with Crippen molar-refractivity contribution < 1.29 is 14.3 Å². The molecule has 1 aromatic heterocycles. The molecule has 2 aromatic rings. The zero-order chi connectivity index (χ0) is 16.8. The van der Waals surface area contributed by atoms with Gasteiger partial charge in [-0.25, -0.2) is 4.98 Å². The molecule has 0 atom stereocenters. The number of halogens is 1. The molecule has 0 aliphatic rings. The highest BCUT2D eigenvalue weighted by atomic mass is 35.5. The van der Waals surface area contributed by atoms with Crippen molar-refractivity contribution in [1.29, 1.82) is 0 Å². The molecular weight excluding hydrogens is 338 g/mol. The number of rotatable bonds is 6. The summed E-state index contributed by atoms with van der Waals surface area (Å²) in [6, 6.07) is 6.79. The third-order valence-electron chi connectivity index (χ3n) is 2.99. The van der Waals surface area contributed by atoms with Crippen molar-refractivity contribution in [1.82, 2.24) is 15.2 Å². The lowest BCUT2D eigenvalue weighted by Gasteiger charge is -2.16. The van der Waals surface area contributed by atoms with Crippen molar-refractivity contribution >= 4 is 34.8 Å². The highest BCUT2D eigenvalue weighted by molar-refractivity contribution is 7.09. The Hall–Kier alpha value is -2.12. The summed E-state index contributed by atoms with van der Waals surface area (Å²) in [7, 11) is 3.21. The summed E-state index contributed by atoms with van der Waals surface area (Å²) in [5, 5.41) is 5.47. The second kappa shape index (κ2) is 7.94. The molecule has 0 aliphatic carbocycles. The van der Waals surface area contributed by atoms with E-state index >= 15 is 0 Å². The van der Waals surface area contributed by atoms with E-state index in [1.807, 2.05) is 0 Å². The molecule has 0 fully saturated rings. The average Bonchev–Trinajstić information content (AvgIpc) is 3.01. The summed E-state index contributed by atoms with van der Waals surface area (Å²) in [6.07, 6.45) is 0. The summed E-state index contributed by atoms with van der Waals surface area (Å²) in [5.41, 5.74) is 0.353. The van der Waals surface area contributed by atoms with Crippen LogP contribution in [0.5, 0.6) is 5.75 Å². The van der Waals surface area contributed by atoms with E-state index in [1.54, 1.807) is 43.7 Å². The number of hydrogen-bond acceptors (Lipinski definition) is 5. The topological polar surface area (TPSA) is 71.5 Å². The lowest BCUT2D eigenvalue weighted by atomic mass is 10.3. The van der Waals surface area contributed by atoms with Crippen LogP contribution in [-0.2, 0) is 11.3 Å². The van der Waals surface area contributed by atoms with Crippen molar-refractivity contribution in [2.24, 2.45) is 0 Å². The Morgan fingerprint density at radius 1 is 1.35 bits per heavy atom. The van der Waals surface area contributed by atoms with Crippen molar-refractivity contribution in [3.05, 3.63) is 45.4 Å². The normalized spacial score (nSPS) is 10.2. The van der Waals surface area contributed by atoms with Gasteiger partial charge in [-0.05, 0) is 24.3 Å². The van der Waals surface area contributed by atoms with Crippen LogP contribution in [0.15, 0.2) is 29.6 Å². The van der Waals surface area contributed by atoms with E-state index < -0.39 is 0 Å². The zero-order valence-corrected chi connectivity index (χ0v) is 14.3. The highest BCUT2D eigenvalue weighted by Crippen LogP contribution is 2.16. The maximum absolute atomic E-state index is 12.1. The third-order valence-corrected chi connectivity index (χ3v) is 4.07. The first kappa shape index (κ1) is 17.2. The number of ether oxygens (including phenoxy) is 1. The van der Waals surface area contributed by atoms with Crippen LogP contribution in [0.4, 0.5) is 0 Å². The monoisotopic (exact) mass is 353 g/mol. The minimum Gasteiger partial charge on any atom is -0.484 e. The fourth-order valence-corrected chi connectivity index (χ4v) is 2.65. The lowest BCUT2D eigenvalue weighted by Crippen LogP contribution is -2.31. The Morgan fingerprint density at radius 2 is 2.04 bits per heavy atom. The molecule has 8 heteroatoms. The molecule has 0 unspecified atom stereocenters. The summed E-state index contributed by atoms with van der Waals surface area (Å²) in [6.45, 7) is 0.246. The smallest absolute Gasteiger partial charge is 0.270 e. The van der Waals surface area contributed by atoms with Gasteiger partial charge in [-0.15, -0.1) is 11.3 Å². The van der Waals surface area contributed by atoms with Gasteiger partial charge in [0, 0.05) is 24.5 Å². The SMILES string of the molecule is CNC(=O)c1csc(CN(C)C(=O)COc2ccc(Cl)cc2)n1. The Balaban J connectivity index is 1.86. The fraction of sp³-hybridized carbons (Fsp3) is 0.267. The van der Waals surface area contributed by atoms with E-state index in [9.17, 15) is 9.59 Å². The standard InChI is InChI=1S/C15H16ClN3O3S/c1-17-15(21)12-9-23-13(18-12)7-19(2)14(20)8-22-11-5-3-10(16)4-6-11/h3-6,9H,7-8H2,1-2H3,(H,17,21). The van der Waals surface area contributed by atoms with Gasteiger partial charge in [0.05, 0.1) is 6.54 Å². The molecule has 1 heterocycles. The molecular formula is C15H16ClN3O3S. The van der Waals surface area contributed by atoms with Crippen molar-refractivity contribution in [3.63, 3.8) is 0 Å². The Labute approximate surface area is 143 Å². The highest BCUT2D eigenvalue weighted by Gasteiger charge is 2.14. The van der Waals surface area contributed by atoms with Crippen LogP contribution in [0.1, 0.15) is 15.5 Å². The molecule has 2 amide bonds. The minimum atomic E-state index is -0.243. The maximum Gasteiger partial charge on any atom is 0.270 e. The summed E-state index contributed by atoms with van der Waals surface area (Å²) in [4.78, 5) is 29.2. The predicted molar refractivity (Wildman–Crippen MR) is 88.9 cm³/mol. The molecule has 0 spiro atoms. The number of benzene rings is 1. The van der Waals surface area contributed by atoms with Gasteiger partial charge in [-0.3, -0.25) is 9.59 Å². The van der Waals surface area contributed by atoms with Gasteiger partial charge in [0.15, 0.2) is 6.61 Å².